The van der Waals surface area contributed by atoms with Crippen LogP contribution in [0.1, 0.15) is 93.9 Å². The third kappa shape index (κ3) is 38.7. The van der Waals surface area contributed by atoms with E-state index in [1.165, 1.54) is 5.56 Å². The quantitative estimate of drug-likeness (QED) is 0.0289. The van der Waals surface area contributed by atoms with Gasteiger partial charge in [0.05, 0.1) is 25.4 Å². The zero-order valence-electron chi connectivity index (χ0n) is 43.7. The van der Waals surface area contributed by atoms with E-state index in [0.29, 0.717) is 70.5 Å². The number of carboxylic acid groups (broad SMARTS) is 1. The molecule has 3 unspecified atom stereocenters. The minimum atomic E-state index is -0.813. The Balaban J connectivity index is -0.00000130. The average Bonchev–Trinajstić information content (AvgIpc) is 3.67. The number of primary amides is 1. The second kappa shape index (κ2) is 50.9. The number of likely N-dealkylation sites (tertiary alicyclic amines) is 1. The molecule has 4 atom stereocenters. The number of carbonyl (C=O) groups excluding carboxylic acids is 8. The number of aldehydes is 2. The molecule has 1 aromatic heterocycles. The molecule has 1 aliphatic heterocycles. The molecule has 414 valence electrons. The molecule has 6 amide bonds. The molecule has 0 aliphatic carbocycles. The van der Waals surface area contributed by atoms with Gasteiger partial charge in [-0.1, -0.05) is 92.1 Å². The SMILES string of the molecule is CO.CO.C[C@H]1CC(=O)N(C)C1c1cccnc1.Cc1ccccc1.NC=O.O=CCCC(C=O)NCCCC(=O)NCCCCCCC(=O)NCC(=O)NC(Cc1ccccc1)C(=O)NCCNCO.O=CO. The van der Waals surface area contributed by atoms with Gasteiger partial charge in [0.2, 0.25) is 35.9 Å². The fourth-order valence-electron chi connectivity index (χ4n) is 6.84. The lowest BCUT2D eigenvalue weighted by Gasteiger charge is -2.22. The zero-order chi connectivity index (χ0) is 56.2. The molecule has 1 aliphatic rings. The van der Waals surface area contributed by atoms with Crippen LogP contribution in [0.15, 0.2) is 85.2 Å². The van der Waals surface area contributed by atoms with Crippen molar-refractivity contribution in [1.82, 2.24) is 41.8 Å². The summed E-state index contributed by atoms with van der Waals surface area (Å²) in [4.78, 5) is 105. The Kier molecular flexibility index (Phi) is 49.1. The van der Waals surface area contributed by atoms with Gasteiger partial charge in [0.15, 0.2) is 0 Å². The molecule has 74 heavy (non-hydrogen) atoms. The molecule has 1 saturated heterocycles. The van der Waals surface area contributed by atoms with Crippen LogP contribution >= 0.6 is 0 Å². The van der Waals surface area contributed by atoms with Crippen molar-refractivity contribution in [3.05, 3.63) is 102 Å². The van der Waals surface area contributed by atoms with Crippen LogP contribution in [0, 0.1) is 12.8 Å². The second-order valence-electron chi connectivity index (χ2n) is 15.9. The number of pyridine rings is 1. The molecule has 1 fully saturated rings. The lowest BCUT2D eigenvalue weighted by molar-refractivity contribution is -0.129. The van der Waals surface area contributed by atoms with E-state index in [9.17, 15) is 33.6 Å². The van der Waals surface area contributed by atoms with Crippen molar-refractivity contribution in [2.24, 2.45) is 11.7 Å². The highest BCUT2D eigenvalue weighted by molar-refractivity contribution is 5.90. The van der Waals surface area contributed by atoms with E-state index in [0.717, 1.165) is 57.2 Å². The zero-order valence-corrected chi connectivity index (χ0v) is 43.7. The first-order chi connectivity index (χ1) is 35.8. The topological polar surface area (TPSA) is 349 Å². The summed E-state index contributed by atoms with van der Waals surface area (Å²) in [6.07, 6.45) is 11.4. The van der Waals surface area contributed by atoms with E-state index in [1.54, 1.807) is 6.20 Å². The molecule has 0 radical (unpaired) electrons. The number of amides is 6. The second-order valence-corrected chi connectivity index (χ2v) is 15.9. The highest BCUT2D eigenvalue weighted by atomic mass is 16.3. The number of rotatable bonds is 27. The fourth-order valence-corrected chi connectivity index (χ4v) is 6.84. The summed E-state index contributed by atoms with van der Waals surface area (Å²) in [5.41, 5.74) is 7.50. The highest BCUT2D eigenvalue weighted by Gasteiger charge is 2.35. The maximum absolute atomic E-state index is 12.6. The Bertz CT molecular complexity index is 1900. The Morgan fingerprint density at radius 1 is 0.784 bits per heavy atom. The van der Waals surface area contributed by atoms with E-state index < -0.39 is 11.9 Å². The van der Waals surface area contributed by atoms with Gasteiger partial charge in [-0.15, -0.1) is 0 Å². The van der Waals surface area contributed by atoms with Crippen LogP contribution in [-0.2, 0) is 49.6 Å². The van der Waals surface area contributed by atoms with Crippen molar-refractivity contribution >= 4 is 55.0 Å². The standard InChI is InChI=1S/C30H48N6O7.C11H14N2O.C7H8.CH3NO.CH2O2.2CH4O/c37-19-9-12-25(22-38)32-16-8-14-27(40)33-15-7-2-1-6-13-28(41)35-21-29(42)36-26(20-24-10-4-3-5-11-24)30(43)34-18-17-31-23-39;1-8-6-10(14)13(2)11(8)9-4-3-5-12-7-9;1-7-5-3-2-4-6-7;2*2-1-3;2*1-2/h3-5,10-11,19,22,25-26,31-32,39H,1-2,6-9,12-18,20-21,23H2,(H,33,40)(H,34,43)(H,35,41)(H,36,42);3-5,7-8,11H,6H2,1-2H3;2-6H,1H3;1H,(H2,2,3);1H,(H,2,3);2*2H,1H3/t;8-,11?;;;;;/m.0...../s1. The Morgan fingerprint density at radius 3 is 1.91 bits per heavy atom. The predicted molar refractivity (Wildman–Crippen MR) is 282 cm³/mol. The normalized spacial score (nSPS) is 13.4. The Hall–Kier alpha value is -6.98. The number of aromatic nitrogens is 1. The molecule has 22 heteroatoms. The first kappa shape index (κ1) is 71.3. The lowest BCUT2D eigenvalue weighted by Crippen LogP contribution is -2.51. The van der Waals surface area contributed by atoms with Gasteiger partial charge in [-0.3, -0.25) is 43.9 Å². The van der Waals surface area contributed by atoms with Gasteiger partial charge in [-0.05, 0) is 62.3 Å². The van der Waals surface area contributed by atoms with Crippen molar-refractivity contribution in [2.45, 2.75) is 103 Å². The lowest BCUT2D eigenvalue weighted by atomic mass is 9.97. The van der Waals surface area contributed by atoms with Crippen molar-refractivity contribution in [2.75, 3.05) is 60.7 Å². The minimum Gasteiger partial charge on any atom is -0.483 e. The van der Waals surface area contributed by atoms with Gasteiger partial charge in [0.25, 0.3) is 6.47 Å². The number of benzene rings is 2. The van der Waals surface area contributed by atoms with Crippen molar-refractivity contribution in [3.63, 3.8) is 0 Å². The van der Waals surface area contributed by atoms with Gasteiger partial charge >= 0.3 is 0 Å². The molecular formula is C52H83N9O13. The van der Waals surface area contributed by atoms with Gasteiger partial charge in [-0.25, -0.2) is 0 Å². The number of nitrogens with two attached hydrogens (primary N) is 1. The number of nitrogens with zero attached hydrogens (tertiary/aromatic N) is 2. The van der Waals surface area contributed by atoms with Crippen LogP contribution in [0.25, 0.3) is 0 Å². The molecule has 0 spiro atoms. The summed E-state index contributed by atoms with van der Waals surface area (Å²) in [6, 6.07) is 22.5. The summed E-state index contributed by atoms with van der Waals surface area (Å²) in [5.74, 6) is -0.517. The van der Waals surface area contributed by atoms with Gasteiger partial charge in [0.1, 0.15) is 18.6 Å². The van der Waals surface area contributed by atoms with Crippen molar-refractivity contribution in [3.8, 4) is 0 Å². The number of nitrogens with one attached hydrogen (secondary N) is 6. The van der Waals surface area contributed by atoms with Crippen LogP contribution in [0.2, 0.25) is 0 Å². The summed E-state index contributed by atoms with van der Waals surface area (Å²) < 4.78 is 0. The first-order valence-corrected chi connectivity index (χ1v) is 24.2. The largest absolute Gasteiger partial charge is 0.483 e. The molecule has 12 N–H and O–H groups in total. The van der Waals surface area contributed by atoms with E-state index in [2.05, 4.69) is 68.6 Å². The molecule has 2 aromatic carbocycles. The number of hydrogen-bond donors (Lipinski definition) is 11. The molecule has 3 aromatic rings. The number of unbranched alkanes of at least 4 members (excludes halogenated alkanes) is 3. The first-order valence-electron chi connectivity index (χ1n) is 24.2. The van der Waals surface area contributed by atoms with E-state index in [1.807, 2.05) is 78.8 Å². The van der Waals surface area contributed by atoms with Crippen LogP contribution in [0.5, 0.6) is 0 Å². The number of aliphatic hydroxyl groups excluding tert-OH is 3. The average molecular weight is 1040 g/mol. The minimum absolute atomic E-state index is 0.0582. The van der Waals surface area contributed by atoms with E-state index in [-0.39, 0.29) is 74.8 Å². The summed E-state index contributed by atoms with van der Waals surface area (Å²) in [7, 11) is 3.86. The summed E-state index contributed by atoms with van der Waals surface area (Å²) in [5, 5.41) is 46.3. The molecule has 2 heterocycles. The third-order valence-electron chi connectivity index (χ3n) is 10.3. The van der Waals surface area contributed by atoms with Crippen molar-refractivity contribution < 1.29 is 63.6 Å². The summed E-state index contributed by atoms with van der Waals surface area (Å²) >= 11 is 0. The molecule has 0 saturated carbocycles. The van der Waals surface area contributed by atoms with Gasteiger partial charge < -0.3 is 67.2 Å². The maximum atomic E-state index is 12.6. The summed E-state index contributed by atoms with van der Waals surface area (Å²) in [6.45, 7) is 5.24. The molecule has 4 rings (SSSR count). The predicted octanol–water partition coefficient (Wildman–Crippen LogP) is 1.10. The molecular weight excluding hydrogens is 959 g/mol. The monoisotopic (exact) mass is 1040 g/mol. The fraction of sp³-hybridized carbons (Fsp3) is 0.500. The van der Waals surface area contributed by atoms with E-state index >= 15 is 0 Å². The van der Waals surface area contributed by atoms with Crippen molar-refractivity contribution in [1.29, 1.82) is 0 Å². The third-order valence-corrected chi connectivity index (χ3v) is 10.3. The van der Waals surface area contributed by atoms with Gasteiger partial charge in [-0.2, -0.15) is 0 Å². The van der Waals surface area contributed by atoms with Crippen LogP contribution in [0.4, 0.5) is 0 Å². The Morgan fingerprint density at radius 2 is 1.38 bits per heavy atom. The van der Waals surface area contributed by atoms with Crippen LogP contribution in [-0.4, -0.2) is 158 Å². The number of carbonyl (C=O) groups is 9. The van der Waals surface area contributed by atoms with E-state index in [4.69, 9.17) is 30.0 Å². The molecule has 0 bridgehead atoms. The number of hydrogen-bond acceptors (Lipinski definition) is 15. The highest BCUT2D eigenvalue weighted by Crippen LogP contribution is 2.35. The van der Waals surface area contributed by atoms with Crippen LogP contribution in [0.3, 0.4) is 0 Å². The number of aryl methyl sites for hydroxylation is 1. The van der Waals surface area contributed by atoms with Crippen LogP contribution < -0.4 is 37.6 Å². The van der Waals surface area contributed by atoms with Gasteiger partial charge in [0, 0.05) is 85.4 Å². The maximum Gasteiger partial charge on any atom is 0.290 e. The number of aliphatic hydroxyl groups is 3. The Labute approximate surface area is 436 Å². The molecule has 22 nitrogen and oxygen atoms in total. The smallest absolute Gasteiger partial charge is 0.290 e.